The first-order valence-corrected chi connectivity index (χ1v) is 7.77. The Morgan fingerprint density at radius 1 is 0.560 bits per heavy atom. The van der Waals surface area contributed by atoms with Crippen LogP contribution >= 0.6 is 12.4 Å². The summed E-state index contributed by atoms with van der Waals surface area (Å²) in [6.07, 6.45) is 1.58. The van der Waals surface area contributed by atoms with E-state index in [-0.39, 0.29) is 12.4 Å². The van der Waals surface area contributed by atoms with E-state index in [1.165, 1.54) is 0 Å². The molecule has 0 spiro atoms. The van der Waals surface area contributed by atoms with Crippen molar-refractivity contribution in [3.63, 3.8) is 0 Å². The number of nitrogens with zero attached hydrogens (tertiary/aromatic N) is 2. The number of para-hydroxylation sites is 2. The lowest BCUT2D eigenvalue weighted by Gasteiger charge is -2.10. The van der Waals surface area contributed by atoms with Crippen molar-refractivity contribution in [2.75, 3.05) is 10.6 Å². The maximum absolute atomic E-state index is 4.35. The lowest BCUT2D eigenvalue weighted by atomic mass is 10.2. The van der Waals surface area contributed by atoms with Crippen molar-refractivity contribution in [2.45, 2.75) is 0 Å². The number of hydrogen-bond acceptors (Lipinski definition) is 4. The van der Waals surface area contributed by atoms with Gasteiger partial charge in [0.1, 0.15) is 12.1 Å². The summed E-state index contributed by atoms with van der Waals surface area (Å²) >= 11 is 0. The molecular formula is C20H17ClN4. The number of aromatic nitrogens is 2. The first-order chi connectivity index (χ1) is 11.9. The Morgan fingerprint density at radius 2 is 1.16 bits per heavy atom. The summed E-state index contributed by atoms with van der Waals surface area (Å²) in [5.74, 6) is 0.810. The van der Waals surface area contributed by atoms with Gasteiger partial charge in [-0.2, -0.15) is 0 Å². The Hall–Kier alpha value is -3.11. The van der Waals surface area contributed by atoms with E-state index in [0.29, 0.717) is 0 Å². The second-order valence-electron chi connectivity index (χ2n) is 5.43. The Labute approximate surface area is 152 Å². The molecule has 0 radical (unpaired) electrons. The number of benzene rings is 3. The zero-order valence-electron chi connectivity index (χ0n) is 13.4. The highest BCUT2D eigenvalue weighted by molar-refractivity contribution is 5.90. The van der Waals surface area contributed by atoms with E-state index >= 15 is 0 Å². The fraction of sp³-hybridized carbons (Fsp3) is 0. The van der Waals surface area contributed by atoms with Crippen molar-refractivity contribution < 1.29 is 0 Å². The molecule has 4 rings (SSSR count). The van der Waals surface area contributed by atoms with E-state index in [1.807, 2.05) is 78.9 Å². The van der Waals surface area contributed by atoms with Crippen molar-refractivity contribution >= 4 is 46.2 Å². The molecule has 4 aromatic rings. The molecule has 0 aliphatic carbocycles. The van der Waals surface area contributed by atoms with Crippen molar-refractivity contribution in [2.24, 2.45) is 0 Å². The number of halogens is 1. The average Bonchev–Trinajstić information content (AvgIpc) is 2.65. The fourth-order valence-corrected chi connectivity index (χ4v) is 2.57. The smallest absolute Gasteiger partial charge is 0.141 e. The molecule has 2 N–H and O–H groups in total. The van der Waals surface area contributed by atoms with Crippen LogP contribution in [0.4, 0.5) is 22.9 Å². The van der Waals surface area contributed by atoms with Crippen molar-refractivity contribution in [1.82, 2.24) is 9.97 Å². The number of anilines is 4. The largest absolute Gasteiger partial charge is 0.356 e. The van der Waals surface area contributed by atoms with Gasteiger partial charge in [-0.3, -0.25) is 0 Å². The molecular weight excluding hydrogens is 332 g/mol. The maximum atomic E-state index is 4.35. The topological polar surface area (TPSA) is 49.8 Å². The van der Waals surface area contributed by atoms with Gasteiger partial charge in [0.25, 0.3) is 0 Å². The standard InChI is InChI=1S/C20H16N4.ClH/c1-2-6-15(7-3-1)23-16-10-12-17(13-11-16)24-20-18-8-4-5-9-19(18)21-14-22-20;/h1-14,23H,(H,21,22,24);1H. The summed E-state index contributed by atoms with van der Waals surface area (Å²) in [6.45, 7) is 0. The molecule has 0 saturated heterocycles. The van der Waals surface area contributed by atoms with Gasteiger partial charge >= 0.3 is 0 Å². The molecule has 0 aliphatic heterocycles. The van der Waals surface area contributed by atoms with Gasteiger partial charge in [0.15, 0.2) is 0 Å². The van der Waals surface area contributed by atoms with Gasteiger partial charge < -0.3 is 10.6 Å². The number of fused-ring (bicyclic) bond motifs is 1. The van der Waals surface area contributed by atoms with Gasteiger partial charge in [-0.05, 0) is 48.5 Å². The molecule has 3 aromatic carbocycles. The van der Waals surface area contributed by atoms with Gasteiger partial charge in [-0.25, -0.2) is 9.97 Å². The number of rotatable bonds is 4. The zero-order valence-corrected chi connectivity index (χ0v) is 14.2. The maximum Gasteiger partial charge on any atom is 0.141 e. The monoisotopic (exact) mass is 348 g/mol. The lowest BCUT2D eigenvalue weighted by molar-refractivity contribution is 1.22. The molecule has 1 aromatic heterocycles. The second-order valence-corrected chi connectivity index (χ2v) is 5.43. The molecule has 124 valence electrons. The van der Waals surface area contributed by atoms with Gasteiger partial charge in [0.05, 0.1) is 5.52 Å². The molecule has 25 heavy (non-hydrogen) atoms. The van der Waals surface area contributed by atoms with Crippen LogP contribution in [0.1, 0.15) is 0 Å². The molecule has 0 atom stereocenters. The quantitative estimate of drug-likeness (QED) is 0.508. The summed E-state index contributed by atoms with van der Waals surface area (Å²) in [5, 5.41) is 7.74. The van der Waals surface area contributed by atoms with Crippen LogP contribution in [0.5, 0.6) is 0 Å². The number of nitrogens with one attached hydrogen (secondary N) is 2. The van der Waals surface area contributed by atoms with E-state index in [0.717, 1.165) is 33.8 Å². The zero-order chi connectivity index (χ0) is 16.2. The molecule has 0 amide bonds. The van der Waals surface area contributed by atoms with Crippen LogP contribution in [-0.2, 0) is 0 Å². The van der Waals surface area contributed by atoms with Gasteiger partial charge in [0.2, 0.25) is 0 Å². The van der Waals surface area contributed by atoms with E-state index in [1.54, 1.807) is 6.33 Å². The molecule has 4 nitrogen and oxygen atoms in total. The molecule has 0 fully saturated rings. The molecule has 0 saturated carbocycles. The van der Waals surface area contributed by atoms with Gasteiger partial charge in [-0.15, -0.1) is 12.4 Å². The first kappa shape index (κ1) is 16.7. The lowest BCUT2D eigenvalue weighted by Crippen LogP contribution is -1.96. The van der Waals surface area contributed by atoms with Crippen LogP contribution in [-0.4, -0.2) is 9.97 Å². The van der Waals surface area contributed by atoms with Crippen LogP contribution in [0.15, 0.2) is 85.2 Å². The van der Waals surface area contributed by atoms with Crippen LogP contribution in [0, 0.1) is 0 Å². The van der Waals surface area contributed by atoms with E-state index in [9.17, 15) is 0 Å². The third-order valence-corrected chi connectivity index (χ3v) is 3.75. The molecule has 0 bridgehead atoms. The first-order valence-electron chi connectivity index (χ1n) is 7.77. The summed E-state index contributed by atoms with van der Waals surface area (Å²) in [7, 11) is 0. The SMILES string of the molecule is Cl.c1ccc(Nc2ccc(Nc3ncnc4ccccc34)cc2)cc1. The van der Waals surface area contributed by atoms with Crippen LogP contribution < -0.4 is 10.6 Å². The van der Waals surface area contributed by atoms with E-state index < -0.39 is 0 Å². The van der Waals surface area contributed by atoms with Crippen LogP contribution in [0.3, 0.4) is 0 Å². The second kappa shape index (κ2) is 7.64. The summed E-state index contributed by atoms with van der Waals surface area (Å²) in [5.41, 5.74) is 4.02. The Bertz CT molecular complexity index is 951. The molecule has 5 heteroatoms. The highest BCUT2D eigenvalue weighted by Gasteiger charge is 2.03. The Morgan fingerprint density at radius 3 is 1.92 bits per heavy atom. The minimum absolute atomic E-state index is 0. The van der Waals surface area contributed by atoms with Crippen molar-refractivity contribution in [3.05, 3.63) is 85.2 Å². The number of hydrogen-bond donors (Lipinski definition) is 2. The van der Waals surface area contributed by atoms with Gasteiger partial charge in [-0.1, -0.05) is 30.3 Å². The molecule has 1 heterocycles. The summed E-state index contributed by atoms with van der Waals surface area (Å²) in [6, 6.07) is 26.2. The Kier molecular flexibility index (Phi) is 5.11. The van der Waals surface area contributed by atoms with Gasteiger partial charge in [0, 0.05) is 22.4 Å². The fourth-order valence-electron chi connectivity index (χ4n) is 2.57. The molecule has 0 unspecified atom stereocenters. The predicted octanol–water partition coefficient (Wildman–Crippen LogP) is 5.54. The van der Waals surface area contributed by atoms with Crippen LogP contribution in [0.2, 0.25) is 0 Å². The van der Waals surface area contributed by atoms with Crippen molar-refractivity contribution in [1.29, 1.82) is 0 Å². The summed E-state index contributed by atoms with van der Waals surface area (Å²) < 4.78 is 0. The summed E-state index contributed by atoms with van der Waals surface area (Å²) in [4.78, 5) is 8.64. The van der Waals surface area contributed by atoms with E-state index in [4.69, 9.17) is 0 Å². The third kappa shape index (κ3) is 3.87. The Balaban J connectivity index is 0.00000182. The average molecular weight is 349 g/mol. The van der Waals surface area contributed by atoms with Crippen molar-refractivity contribution in [3.8, 4) is 0 Å². The highest BCUT2D eigenvalue weighted by atomic mass is 35.5. The third-order valence-electron chi connectivity index (χ3n) is 3.75. The minimum atomic E-state index is 0. The normalized spacial score (nSPS) is 10.1. The van der Waals surface area contributed by atoms with E-state index in [2.05, 4.69) is 20.6 Å². The van der Waals surface area contributed by atoms with Crippen LogP contribution in [0.25, 0.3) is 10.9 Å². The molecule has 0 aliphatic rings. The minimum Gasteiger partial charge on any atom is -0.356 e. The highest BCUT2D eigenvalue weighted by Crippen LogP contribution is 2.24. The predicted molar refractivity (Wildman–Crippen MR) is 106 cm³/mol.